The molecule has 1 aromatic heterocycles. The van der Waals surface area contributed by atoms with Crippen molar-refractivity contribution in [2.24, 2.45) is 0 Å². The van der Waals surface area contributed by atoms with Crippen molar-refractivity contribution in [2.45, 2.75) is 19.9 Å². The van der Waals surface area contributed by atoms with Crippen molar-refractivity contribution >= 4 is 21.4 Å². The molecular weight excluding hydrogens is 190 g/mol. The third-order valence-electron chi connectivity index (χ3n) is 2.55. The highest BCUT2D eigenvalue weighted by molar-refractivity contribution is 7.19. The average Bonchev–Trinajstić information content (AvgIpc) is 2.59. The lowest BCUT2D eigenvalue weighted by atomic mass is 10.2. The second-order valence-electron chi connectivity index (χ2n) is 3.70. The lowest BCUT2D eigenvalue weighted by Crippen LogP contribution is -2.10. The van der Waals surface area contributed by atoms with Crippen LogP contribution in [-0.2, 0) is 0 Å². The summed E-state index contributed by atoms with van der Waals surface area (Å²) in [4.78, 5) is 1.41. The van der Waals surface area contributed by atoms with E-state index < -0.39 is 0 Å². The van der Waals surface area contributed by atoms with Gasteiger partial charge in [-0.25, -0.2) is 0 Å². The van der Waals surface area contributed by atoms with Crippen LogP contribution in [0.15, 0.2) is 24.3 Å². The van der Waals surface area contributed by atoms with E-state index in [9.17, 15) is 0 Å². The van der Waals surface area contributed by atoms with Crippen molar-refractivity contribution in [1.82, 2.24) is 5.32 Å². The first-order valence-corrected chi connectivity index (χ1v) is 5.69. The van der Waals surface area contributed by atoms with Gasteiger partial charge in [0.05, 0.1) is 0 Å². The van der Waals surface area contributed by atoms with Gasteiger partial charge in [0.15, 0.2) is 0 Å². The van der Waals surface area contributed by atoms with E-state index in [0.717, 1.165) is 0 Å². The molecule has 1 aromatic carbocycles. The van der Waals surface area contributed by atoms with Gasteiger partial charge in [-0.05, 0) is 44.0 Å². The molecule has 0 fully saturated rings. The van der Waals surface area contributed by atoms with Gasteiger partial charge in [0.2, 0.25) is 0 Å². The normalized spacial score (nSPS) is 13.4. The molecule has 2 aromatic rings. The van der Waals surface area contributed by atoms with Crippen LogP contribution in [0.4, 0.5) is 0 Å². The third kappa shape index (κ3) is 1.68. The first-order valence-electron chi connectivity index (χ1n) is 4.88. The molecule has 2 heteroatoms. The van der Waals surface area contributed by atoms with Crippen molar-refractivity contribution in [3.8, 4) is 0 Å². The number of aryl methyl sites for hydroxylation is 1. The van der Waals surface area contributed by atoms with E-state index in [2.05, 4.69) is 43.4 Å². The number of hydrogen-bond donors (Lipinski definition) is 1. The third-order valence-corrected chi connectivity index (χ3v) is 3.83. The summed E-state index contributed by atoms with van der Waals surface area (Å²) in [6, 6.07) is 9.36. The zero-order valence-electron chi connectivity index (χ0n) is 8.79. The van der Waals surface area contributed by atoms with Crippen molar-refractivity contribution in [3.05, 3.63) is 34.7 Å². The molecule has 0 saturated carbocycles. The highest BCUT2D eigenvalue weighted by atomic mass is 32.1. The van der Waals surface area contributed by atoms with Crippen LogP contribution in [-0.4, -0.2) is 7.05 Å². The first-order chi connectivity index (χ1) is 6.70. The standard InChI is InChI=1S/C12H15NS/c1-8-4-5-10-7-11(9(2)13-3)14-12(10)6-8/h4-7,9,13H,1-3H3. The largest absolute Gasteiger partial charge is 0.313 e. The summed E-state index contributed by atoms with van der Waals surface area (Å²) < 4.78 is 1.39. The summed E-state index contributed by atoms with van der Waals surface area (Å²) in [6.45, 7) is 4.33. The van der Waals surface area contributed by atoms with E-state index in [1.807, 2.05) is 18.4 Å². The second-order valence-corrected chi connectivity index (χ2v) is 4.82. The van der Waals surface area contributed by atoms with Crippen LogP contribution in [0.2, 0.25) is 0 Å². The number of hydrogen-bond acceptors (Lipinski definition) is 2. The molecule has 0 bridgehead atoms. The Morgan fingerprint density at radius 2 is 2.07 bits per heavy atom. The fraction of sp³-hybridized carbons (Fsp3) is 0.333. The average molecular weight is 205 g/mol. The van der Waals surface area contributed by atoms with Gasteiger partial charge in [-0.15, -0.1) is 11.3 Å². The fourth-order valence-corrected chi connectivity index (χ4v) is 2.74. The molecule has 2 rings (SSSR count). The Bertz CT molecular complexity index is 445. The Hall–Kier alpha value is -0.860. The molecule has 0 radical (unpaired) electrons. The minimum atomic E-state index is 0.452. The van der Waals surface area contributed by atoms with Gasteiger partial charge >= 0.3 is 0 Å². The summed E-state index contributed by atoms with van der Waals surface area (Å²) in [5.41, 5.74) is 1.34. The van der Waals surface area contributed by atoms with E-state index in [1.54, 1.807) is 0 Å². The smallest absolute Gasteiger partial charge is 0.0384 e. The Morgan fingerprint density at radius 3 is 2.79 bits per heavy atom. The quantitative estimate of drug-likeness (QED) is 0.791. The predicted octanol–water partition coefficient (Wildman–Crippen LogP) is 3.49. The SMILES string of the molecule is CNC(C)c1cc2ccc(C)cc2s1. The maximum absolute atomic E-state index is 3.27. The Kier molecular flexibility index (Phi) is 2.57. The molecular formula is C12H15NS. The molecule has 0 aliphatic rings. The van der Waals surface area contributed by atoms with E-state index in [0.29, 0.717) is 6.04 Å². The molecule has 1 heterocycles. The number of rotatable bonds is 2. The second kappa shape index (κ2) is 3.71. The molecule has 0 aliphatic heterocycles. The predicted molar refractivity (Wildman–Crippen MR) is 64.0 cm³/mol. The summed E-state index contributed by atoms with van der Waals surface area (Å²) in [6.07, 6.45) is 0. The lowest BCUT2D eigenvalue weighted by molar-refractivity contribution is 0.664. The van der Waals surface area contributed by atoms with E-state index in [1.165, 1.54) is 20.5 Å². The van der Waals surface area contributed by atoms with Crippen molar-refractivity contribution in [1.29, 1.82) is 0 Å². The Labute approximate surface area is 88.8 Å². The summed E-state index contributed by atoms with van der Waals surface area (Å²) in [7, 11) is 2.00. The van der Waals surface area contributed by atoms with Gasteiger partial charge in [0.1, 0.15) is 0 Å². The monoisotopic (exact) mass is 205 g/mol. The minimum Gasteiger partial charge on any atom is -0.313 e. The Balaban J connectivity index is 2.51. The van der Waals surface area contributed by atoms with Crippen LogP contribution in [0.3, 0.4) is 0 Å². The van der Waals surface area contributed by atoms with Gasteiger partial charge in [0.25, 0.3) is 0 Å². The minimum absolute atomic E-state index is 0.452. The zero-order valence-corrected chi connectivity index (χ0v) is 9.61. The van der Waals surface area contributed by atoms with Crippen LogP contribution >= 0.6 is 11.3 Å². The molecule has 1 nitrogen and oxygen atoms in total. The Morgan fingerprint density at radius 1 is 1.29 bits per heavy atom. The number of fused-ring (bicyclic) bond motifs is 1. The van der Waals surface area contributed by atoms with Gasteiger partial charge in [-0.3, -0.25) is 0 Å². The molecule has 0 aliphatic carbocycles. The number of thiophene rings is 1. The van der Waals surface area contributed by atoms with Crippen LogP contribution in [0.25, 0.3) is 10.1 Å². The number of benzene rings is 1. The molecule has 1 atom stereocenters. The molecule has 0 saturated heterocycles. The van der Waals surface area contributed by atoms with Gasteiger partial charge < -0.3 is 5.32 Å². The number of nitrogens with one attached hydrogen (secondary N) is 1. The molecule has 1 N–H and O–H groups in total. The maximum Gasteiger partial charge on any atom is 0.0384 e. The van der Waals surface area contributed by atoms with E-state index in [4.69, 9.17) is 0 Å². The summed E-state index contributed by atoms with van der Waals surface area (Å²) >= 11 is 1.88. The first kappa shape index (κ1) is 9.69. The van der Waals surface area contributed by atoms with Gasteiger partial charge in [-0.2, -0.15) is 0 Å². The van der Waals surface area contributed by atoms with Crippen LogP contribution in [0, 0.1) is 6.92 Å². The molecule has 1 unspecified atom stereocenters. The molecule has 74 valence electrons. The van der Waals surface area contributed by atoms with Crippen LogP contribution in [0.5, 0.6) is 0 Å². The van der Waals surface area contributed by atoms with Crippen LogP contribution in [0.1, 0.15) is 23.4 Å². The summed E-state index contributed by atoms with van der Waals surface area (Å²) in [5, 5.41) is 4.63. The van der Waals surface area contributed by atoms with Crippen LogP contribution < -0.4 is 5.32 Å². The fourth-order valence-electron chi connectivity index (χ4n) is 1.51. The van der Waals surface area contributed by atoms with Gasteiger partial charge in [-0.1, -0.05) is 12.1 Å². The highest BCUT2D eigenvalue weighted by Crippen LogP contribution is 2.30. The van der Waals surface area contributed by atoms with E-state index >= 15 is 0 Å². The summed E-state index contributed by atoms with van der Waals surface area (Å²) in [5.74, 6) is 0. The van der Waals surface area contributed by atoms with Gasteiger partial charge in [0, 0.05) is 15.6 Å². The van der Waals surface area contributed by atoms with Crippen molar-refractivity contribution in [3.63, 3.8) is 0 Å². The lowest BCUT2D eigenvalue weighted by Gasteiger charge is -2.05. The molecule has 0 spiro atoms. The molecule has 0 amide bonds. The highest BCUT2D eigenvalue weighted by Gasteiger charge is 2.06. The molecule has 14 heavy (non-hydrogen) atoms. The zero-order chi connectivity index (χ0) is 10.1. The van der Waals surface area contributed by atoms with E-state index in [-0.39, 0.29) is 0 Å². The van der Waals surface area contributed by atoms with Crippen molar-refractivity contribution < 1.29 is 0 Å². The topological polar surface area (TPSA) is 12.0 Å². The van der Waals surface area contributed by atoms with Crippen molar-refractivity contribution in [2.75, 3.05) is 7.05 Å². The maximum atomic E-state index is 3.27.